The Kier molecular flexibility index (Phi) is 9.88. The van der Waals surface area contributed by atoms with Crippen molar-refractivity contribution in [1.82, 2.24) is 30.4 Å². The predicted molar refractivity (Wildman–Crippen MR) is 159 cm³/mol. The van der Waals surface area contributed by atoms with Gasteiger partial charge in [0, 0.05) is 12.6 Å². The smallest absolute Gasteiger partial charge is 0.247 e. The van der Waals surface area contributed by atoms with Gasteiger partial charge in [-0.1, -0.05) is 37.5 Å². The molecule has 2 aromatic heterocycles. The number of halogens is 1. The number of ether oxygens (including phenoxy) is 2. The Morgan fingerprint density at radius 1 is 1.05 bits per heavy atom. The van der Waals surface area contributed by atoms with Crippen LogP contribution >= 0.6 is 0 Å². The molecule has 1 fully saturated rings. The van der Waals surface area contributed by atoms with Gasteiger partial charge in [-0.15, -0.1) is 10.2 Å². The van der Waals surface area contributed by atoms with E-state index in [1.165, 1.54) is 21.8 Å². The number of rotatable bonds is 12. The van der Waals surface area contributed by atoms with Gasteiger partial charge in [0.25, 0.3) is 0 Å². The number of carbonyl (C=O) groups excluding carboxylic acids is 2. The molecule has 2 amide bonds. The number of tetrazole rings is 1. The van der Waals surface area contributed by atoms with Crippen LogP contribution in [0.5, 0.6) is 11.5 Å². The molecule has 5 rings (SSSR count). The number of carbonyl (C=O) groups is 2. The SMILES string of the molecule is COc1ccc(CCN(C(=O)Cn2nnc(-c3ccc(C)o3)n2)[C@@H](C(=O)NC2CCCCC2)c2ccc(F)cc2)cc1OC. The van der Waals surface area contributed by atoms with E-state index in [1.807, 2.05) is 19.1 Å². The van der Waals surface area contributed by atoms with E-state index in [4.69, 9.17) is 13.9 Å². The largest absolute Gasteiger partial charge is 0.493 e. The third-order valence-corrected chi connectivity index (χ3v) is 7.80. The Bertz CT molecular complexity index is 1560. The molecule has 0 unspecified atom stereocenters. The topological polar surface area (TPSA) is 125 Å². The van der Waals surface area contributed by atoms with Crippen molar-refractivity contribution in [3.8, 4) is 23.1 Å². The molecule has 1 atom stereocenters. The molecule has 232 valence electrons. The first-order chi connectivity index (χ1) is 21.3. The summed E-state index contributed by atoms with van der Waals surface area (Å²) in [5.74, 6) is 1.35. The Labute approximate surface area is 255 Å². The Balaban J connectivity index is 1.45. The lowest BCUT2D eigenvalue weighted by atomic mass is 9.94. The van der Waals surface area contributed by atoms with Crippen molar-refractivity contribution in [2.45, 2.75) is 64.1 Å². The third-order valence-electron chi connectivity index (χ3n) is 7.80. The molecule has 12 heteroatoms. The molecule has 0 radical (unpaired) electrons. The summed E-state index contributed by atoms with van der Waals surface area (Å²) in [5, 5.41) is 15.6. The number of nitrogens with one attached hydrogen (secondary N) is 1. The standard InChI is InChI=1S/C32H37FN6O5/c1-21-9-15-27(44-21)31-35-37-39(36-31)20-29(40)38(18-17-22-10-16-26(42-2)28(19-22)43-3)30(23-11-13-24(33)14-12-23)32(41)34-25-7-5-4-6-8-25/h9-16,19,25,30H,4-8,17-18,20H2,1-3H3,(H,34,41)/t30-/m1/s1. The third kappa shape index (κ3) is 7.42. The van der Waals surface area contributed by atoms with Crippen molar-refractivity contribution in [2.24, 2.45) is 0 Å². The van der Waals surface area contributed by atoms with Crippen molar-refractivity contribution in [3.05, 3.63) is 77.3 Å². The zero-order chi connectivity index (χ0) is 31.1. The van der Waals surface area contributed by atoms with Gasteiger partial charge in [0.2, 0.25) is 17.6 Å². The minimum Gasteiger partial charge on any atom is -0.493 e. The summed E-state index contributed by atoms with van der Waals surface area (Å²) in [6.07, 6.45) is 5.35. The second-order valence-electron chi connectivity index (χ2n) is 10.9. The van der Waals surface area contributed by atoms with E-state index < -0.39 is 17.8 Å². The second-order valence-corrected chi connectivity index (χ2v) is 10.9. The number of aromatic nitrogens is 4. The maximum Gasteiger partial charge on any atom is 0.247 e. The molecular weight excluding hydrogens is 567 g/mol. The number of methoxy groups -OCH3 is 2. The minimum atomic E-state index is -1.01. The molecule has 44 heavy (non-hydrogen) atoms. The highest BCUT2D eigenvalue weighted by Gasteiger charge is 2.33. The summed E-state index contributed by atoms with van der Waals surface area (Å²) in [5.41, 5.74) is 1.37. The van der Waals surface area contributed by atoms with Crippen LogP contribution in [0, 0.1) is 12.7 Å². The predicted octanol–water partition coefficient (Wildman–Crippen LogP) is 4.66. The fraction of sp³-hybridized carbons (Fsp3) is 0.406. The molecule has 4 aromatic rings. The van der Waals surface area contributed by atoms with Crippen LogP contribution in [0.4, 0.5) is 4.39 Å². The van der Waals surface area contributed by atoms with Crippen LogP contribution in [0.2, 0.25) is 0 Å². The number of nitrogens with zero attached hydrogens (tertiary/aromatic N) is 5. The van der Waals surface area contributed by atoms with Gasteiger partial charge in [0.1, 0.15) is 24.2 Å². The van der Waals surface area contributed by atoms with Gasteiger partial charge < -0.3 is 24.1 Å². The maximum atomic E-state index is 14.1. The van der Waals surface area contributed by atoms with Crippen LogP contribution in [0.3, 0.4) is 0 Å². The molecule has 2 heterocycles. The summed E-state index contributed by atoms with van der Waals surface area (Å²) >= 11 is 0. The summed E-state index contributed by atoms with van der Waals surface area (Å²) in [7, 11) is 3.12. The summed E-state index contributed by atoms with van der Waals surface area (Å²) < 4.78 is 30.4. The molecule has 2 aromatic carbocycles. The molecule has 1 saturated carbocycles. The molecule has 1 aliphatic rings. The number of benzene rings is 2. The van der Waals surface area contributed by atoms with Crippen LogP contribution in [-0.4, -0.2) is 63.7 Å². The fourth-order valence-corrected chi connectivity index (χ4v) is 5.50. The number of hydrogen-bond donors (Lipinski definition) is 1. The molecule has 1 aliphatic carbocycles. The zero-order valence-electron chi connectivity index (χ0n) is 25.2. The Morgan fingerprint density at radius 2 is 1.80 bits per heavy atom. The molecule has 0 saturated heterocycles. The van der Waals surface area contributed by atoms with E-state index in [2.05, 4.69) is 20.7 Å². The first kappa shape index (κ1) is 30.7. The average Bonchev–Trinajstić information content (AvgIpc) is 3.68. The normalized spacial score (nSPS) is 14.2. The van der Waals surface area contributed by atoms with Gasteiger partial charge in [-0.3, -0.25) is 9.59 Å². The first-order valence-electron chi connectivity index (χ1n) is 14.8. The maximum absolute atomic E-state index is 14.1. The average molecular weight is 605 g/mol. The van der Waals surface area contributed by atoms with E-state index >= 15 is 0 Å². The Hall–Kier alpha value is -4.74. The van der Waals surface area contributed by atoms with Gasteiger partial charge >= 0.3 is 0 Å². The minimum absolute atomic E-state index is 0.0123. The highest BCUT2D eigenvalue weighted by molar-refractivity contribution is 5.89. The van der Waals surface area contributed by atoms with Crippen LogP contribution in [0.15, 0.2) is 59.0 Å². The van der Waals surface area contributed by atoms with E-state index in [0.717, 1.165) is 37.7 Å². The number of amides is 2. The van der Waals surface area contributed by atoms with Gasteiger partial charge in [-0.05, 0) is 78.9 Å². The van der Waals surface area contributed by atoms with Crippen molar-refractivity contribution < 1.29 is 27.9 Å². The lowest BCUT2D eigenvalue weighted by molar-refractivity contribution is -0.142. The summed E-state index contributed by atoms with van der Waals surface area (Å²) in [6.45, 7) is 1.71. The van der Waals surface area contributed by atoms with Gasteiger partial charge in [0.15, 0.2) is 17.3 Å². The van der Waals surface area contributed by atoms with Crippen molar-refractivity contribution in [3.63, 3.8) is 0 Å². The van der Waals surface area contributed by atoms with Crippen molar-refractivity contribution in [2.75, 3.05) is 20.8 Å². The summed E-state index contributed by atoms with van der Waals surface area (Å²) in [6, 6.07) is 13.7. The number of hydrogen-bond acceptors (Lipinski definition) is 8. The second kappa shape index (κ2) is 14.2. The summed E-state index contributed by atoms with van der Waals surface area (Å²) in [4.78, 5) is 30.7. The molecule has 11 nitrogen and oxygen atoms in total. The van der Waals surface area contributed by atoms with Gasteiger partial charge in [-0.25, -0.2) is 4.39 Å². The van der Waals surface area contributed by atoms with Crippen LogP contribution in [0.25, 0.3) is 11.6 Å². The van der Waals surface area contributed by atoms with Crippen molar-refractivity contribution >= 4 is 11.8 Å². The highest BCUT2D eigenvalue weighted by atomic mass is 19.1. The fourth-order valence-electron chi connectivity index (χ4n) is 5.50. The molecular formula is C32H37FN6O5. The molecule has 0 spiro atoms. The van der Waals surface area contributed by atoms with E-state index in [1.54, 1.807) is 44.6 Å². The lowest BCUT2D eigenvalue weighted by Crippen LogP contribution is -2.48. The van der Waals surface area contributed by atoms with E-state index in [0.29, 0.717) is 35.0 Å². The number of aryl methyl sites for hydroxylation is 1. The Morgan fingerprint density at radius 3 is 2.48 bits per heavy atom. The molecule has 0 bridgehead atoms. The molecule has 1 N–H and O–H groups in total. The highest BCUT2D eigenvalue weighted by Crippen LogP contribution is 2.29. The van der Waals surface area contributed by atoms with Crippen LogP contribution in [-0.2, 0) is 22.6 Å². The monoisotopic (exact) mass is 604 g/mol. The zero-order valence-corrected chi connectivity index (χ0v) is 25.2. The van der Waals surface area contributed by atoms with Gasteiger partial charge in [0.05, 0.1) is 14.2 Å². The van der Waals surface area contributed by atoms with Crippen LogP contribution < -0.4 is 14.8 Å². The van der Waals surface area contributed by atoms with E-state index in [-0.39, 0.29) is 30.9 Å². The first-order valence-corrected chi connectivity index (χ1v) is 14.8. The molecule has 0 aliphatic heterocycles. The lowest BCUT2D eigenvalue weighted by Gasteiger charge is -2.33. The van der Waals surface area contributed by atoms with E-state index in [9.17, 15) is 14.0 Å². The van der Waals surface area contributed by atoms with Gasteiger partial charge in [-0.2, -0.15) is 4.80 Å². The quantitative estimate of drug-likeness (QED) is 0.248. The van der Waals surface area contributed by atoms with Crippen molar-refractivity contribution in [1.29, 1.82) is 0 Å². The van der Waals surface area contributed by atoms with Crippen LogP contribution in [0.1, 0.15) is 55.0 Å². The number of furan rings is 1.